The molecule has 2 atom stereocenters. The van der Waals surface area contributed by atoms with Gasteiger partial charge in [-0.2, -0.15) is 0 Å². The van der Waals surface area contributed by atoms with E-state index in [2.05, 4.69) is 5.32 Å². The fourth-order valence-electron chi connectivity index (χ4n) is 1.47. The third-order valence-corrected chi connectivity index (χ3v) is 2.22. The van der Waals surface area contributed by atoms with Crippen molar-refractivity contribution < 1.29 is 14.3 Å². The van der Waals surface area contributed by atoms with Crippen molar-refractivity contribution in [3.63, 3.8) is 0 Å². The molecule has 0 aliphatic carbocycles. The van der Waals surface area contributed by atoms with Crippen LogP contribution in [0.2, 0.25) is 0 Å². The summed E-state index contributed by atoms with van der Waals surface area (Å²) in [5, 5.41) is 2.81. The molecule has 4 heteroatoms. The van der Waals surface area contributed by atoms with Crippen LogP contribution in [0, 0.1) is 0 Å². The summed E-state index contributed by atoms with van der Waals surface area (Å²) in [5.41, 5.74) is -0.438. The van der Waals surface area contributed by atoms with Crippen molar-refractivity contribution in [3.8, 4) is 0 Å². The molecule has 0 aromatic rings. The number of amides is 1. The Morgan fingerprint density at radius 2 is 2.07 bits per heavy atom. The Bertz CT molecular complexity index is 214. The lowest BCUT2D eigenvalue weighted by Crippen LogP contribution is -2.44. The van der Waals surface area contributed by atoms with Crippen molar-refractivity contribution in [2.45, 2.75) is 58.3 Å². The molecule has 1 amide bonds. The summed E-state index contributed by atoms with van der Waals surface area (Å²) in [6.45, 7) is 8.19. The molecular formula is C11H21NO3. The number of alkyl carbamates (subject to hydrolysis) is 1. The Morgan fingerprint density at radius 3 is 2.53 bits per heavy atom. The molecule has 1 heterocycles. The van der Waals surface area contributed by atoms with Crippen molar-refractivity contribution in [1.82, 2.24) is 5.32 Å². The molecule has 1 saturated heterocycles. The number of hydrogen-bond acceptors (Lipinski definition) is 3. The lowest BCUT2D eigenvalue weighted by Gasteiger charge is -2.28. The van der Waals surface area contributed by atoms with E-state index in [1.165, 1.54) is 0 Å². The van der Waals surface area contributed by atoms with E-state index < -0.39 is 5.60 Å². The molecule has 4 nitrogen and oxygen atoms in total. The molecule has 1 rings (SSSR count). The van der Waals surface area contributed by atoms with E-state index in [0.29, 0.717) is 12.7 Å². The van der Waals surface area contributed by atoms with Gasteiger partial charge in [0.15, 0.2) is 0 Å². The minimum absolute atomic E-state index is 0.0936. The van der Waals surface area contributed by atoms with Crippen LogP contribution in [0.1, 0.15) is 40.5 Å². The summed E-state index contributed by atoms with van der Waals surface area (Å²) in [7, 11) is 0. The van der Waals surface area contributed by atoms with E-state index in [4.69, 9.17) is 9.47 Å². The van der Waals surface area contributed by atoms with Gasteiger partial charge in [0.25, 0.3) is 0 Å². The maximum absolute atomic E-state index is 11.4. The van der Waals surface area contributed by atoms with E-state index in [1.807, 2.05) is 27.7 Å². The summed E-state index contributed by atoms with van der Waals surface area (Å²) in [6.07, 6.45) is 1.90. The predicted molar refractivity (Wildman–Crippen MR) is 57.8 cm³/mol. The number of ether oxygens (including phenoxy) is 2. The van der Waals surface area contributed by atoms with Gasteiger partial charge < -0.3 is 14.8 Å². The van der Waals surface area contributed by atoms with Crippen LogP contribution < -0.4 is 5.32 Å². The van der Waals surface area contributed by atoms with Gasteiger partial charge in [-0.1, -0.05) is 0 Å². The van der Waals surface area contributed by atoms with Crippen LogP contribution in [-0.2, 0) is 9.47 Å². The standard InChI is InChI=1S/C11H21NO3/c1-8-5-6-9(7-14-8)12-10(13)15-11(2,3)4/h8-9H,5-7H2,1-4H3,(H,12,13). The van der Waals surface area contributed by atoms with E-state index in [1.54, 1.807) is 0 Å². The molecule has 0 radical (unpaired) electrons. The first-order valence-electron chi connectivity index (χ1n) is 5.48. The zero-order valence-electron chi connectivity index (χ0n) is 10.0. The Balaban J connectivity index is 2.27. The minimum Gasteiger partial charge on any atom is -0.444 e. The van der Waals surface area contributed by atoms with Crippen LogP contribution in [0.25, 0.3) is 0 Å². The van der Waals surface area contributed by atoms with Gasteiger partial charge in [0.2, 0.25) is 0 Å². The molecule has 1 fully saturated rings. The molecule has 15 heavy (non-hydrogen) atoms. The number of carbonyl (C=O) groups is 1. The summed E-state index contributed by atoms with van der Waals surface area (Å²) in [5.74, 6) is 0. The fraction of sp³-hybridized carbons (Fsp3) is 0.909. The van der Waals surface area contributed by atoms with E-state index in [-0.39, 0.29) is 12.1 Å². The lowest BCUT2D eigenvalue weighted by atomic mass is 10.1. The molecule has 1 aliphatic heterocycles. The van der Waals surface area contributed by atoms with Crippen molar-refractivity contribution in [1.29, 1.82) is 0 Å². The lowest BCUT2D eigenvalue weighted by molar-refractivity contribution is 0.00120. The molecule has 0 saturated carbocycles. The molecule has 88 valence electrons. The van der Waals surface area contributed by atoms with Crippen LogP contribution >= 0.6 is 0 Å². The maximum atomic E-state index is 11.4. The molecule has 0 spiro atoms. The van der Waals surface area contributed by atoms with Gasteiger partial charge in [-0.25, -0.2) is 4.79 Å². The highest BCUT2D eigenvalue weighted by atomic mass is 16.6. The van der Waals surface area contributed by atoms with Crippen LogP contribution in [0.3, 0.4) is 0 Å². The topological polar surface area (TPSA) is 47.6 Å². The molecular weight excluding hydrogens is 194 g/mol. The van der Waals surface area contributed by atoms with E-state index in [0.717, 1.165) is 12.8 Å². The molecule has 0 aromatic heterocycles. The number of nitrogens with one attached hydrogen (secondary N) is 1. The second-order valence-electron chi connectivity index (χ2n) is 5.06. The quantitative estimate of drug-likeness (QED) is 0.728. The van der Waals surface area contributed by atoms with Gasteiger partial charge in [-0.15, -0.1) is 0 Å². The van der Waals surface area contributed by atoms with Gasteiger partial charge >= 0.3 is 6.09 Å². The average Bonchev–Trinajstić information content (AvgIpc) is 2.05. The van der Waals surface area contributed by atoms with Crippen molar-refractivity contribution >= 4 is 6.09 Å². The third kappa shape index (κ3) is 5.02. The first-order valence-corrected chi connectivity index (χ1v) is 5.48. The van der Waals surface area contributed by atoms with Gasteiger partial charge in [0.1, 0.15) is 5.60 Å². The minimum atomic E-state index is -0.438. The number of rotatable bonds is 1. The van der Waals surface area contributed by atoms with Crippen molar-refractivity contribution in [2.24, 2.45) is 0 Å². The first kappa shape index (κ1) is 12.3. The predicted octanol–water partition coefficient (Wildman–Crippen LogP) is 2.08. The number of hydrogen-bond donors (Lipinski definition) is 1. The van der Waals surface area contributed by atoms with E-state index in [9.17, 15) is 4.79 Å². The molecule has 0 aromatic carbocycles. The number of carbonyl (C=O) groups excluding carboxylic acids is 1. The van der Waals surface area contributed by atoms with Gasteiger partial charge in [-0.3, -0.25) is 0 Å². The summed E-state index contributed by atoms with van der Waals surface area (Å²) in [4.78, 5) is 11.4. The molecule has 1 N–H and O–H groups in total. The molecule has 1 aliphatic rings. The summed E-state index contributed by atoms with van der Waals surface area (Å²) in [6, 6.07) is 0.0936. The molecule has 2 unspecified atom stereocenters. The fourth-order valence-corrected chi connectivity index (χ4v) is 1.47. The third-order valence-electron chi connectivity index (χ3n) is 2.22. The SMILES string of the molecule is CC1CCC(NC(=O)OC(C)(C)C)CO1. The zero-order chi connectivity index (χ0) is 11.5. The zero-order valence-corrected chi connectivity index (χ0v) is 10.0. The van der Waals surface area contributed by atoms with Gasteiger partial charge in [-0.05, 0) is 40.5 Å². The Morgan fingerprint density at radius 1 is 1.40 bits per heavy atom. The molecule has 0 bridgehead atoms. The monoisotopic (exact) mass is 215 g/mol. The highest BCUT2D eigenvalue weighted by Gasteiger charge is 2.23. The average molecular weight is 215 g/mol. The van der Waals surface area contributed by atoms with Gasteiger partial charge in [0, 0.05) is 0 Å². The smallest absolute Gasteiger partial charge is 0.407 e. The normalized spacial score (nSPS) is 27.2. The Hall–Kier alpha value is -0.770. The van der Waals surface area contributed by atoms with Crippen LogP contribution in [0.4, 0.5) is 4.79 Å². The van der Waals surface area contributed by atoms with Gasteiger partial charge in [0.05, 0.1) is 18.8 Å². The van der Waals surface area contributed by atoms with E-state index >= 15 is 0 Å². The Labute approximate surface area is 91.3 Å². The second kappa shape index (κ2) is 4.84. The maximum Gasteiger partial charge on any atom is 0.407 e. The second-order valence-corrected chi connectivity index (χ2v) is 5.06. The first-order chi connectivity index (χ1) is 6.87. The largest absolute Gasteiger partial charge is 0.444 e. The van der Waals surface area contributed by atoms with Crippen LogP contribution in [0.5, 0.6) is 0 Å². The van der Waals surface area contributed by atoms with Crippen LogP contribution in [0.15, 0.2) is 0 Å². The summed E-state index contributed by atoms with van der Waals surface area (Å²) < 4.78 is 10.6. The highest BCUT2D eigenvalue weighted by molar-refractivity contribution is 5.68. The summed E-state index contributed by atoms with van der Waals surface area (Å²) >= 11 is 0. The van der Waals surface area contributed by atoms with Crippen molar-refractivity contribution in [3.05, 3.63) is 0 Å². The van der Waals surface area contributed by atoms with Crippen LogP contribution in [-0.4, -0.2) is 30.4 Å². The highest BCUT2D eigenvalue weighted by Crippen LogP contribution is 2.13. The Kier molecular flexibility index (Phi) is 3.97. The van der Waals surface area contributed by atoms with Crippen molar-refractivity contribution in [2.75, 3.05) is 6.61 Å².